The standard InChI is InChI=1S/C13H19Cl/c1-9(2)10-6-11(13(3,4)5)8-12(14)7-10/h6-9H,1-5H3. The lowest BCUT2D eigenvalue weighted by molar-refractivity contribution is 0.588. The lowest BCUT2D eigenvalue weighted by Crippen LogP contribution is -2.11. The largest absolute Gasteiger partial charge is 0.0843 e. The highest BCUT2D eigenvalue weighted by Crippen LogP contribution is 2.29. The summed E-state index contributed by atoms with van der Waals surface area (Å²) in [6.45, 7) is 11.0. The normalized spacial score (nSPS) is 12.2. The van der Waals surface area contributed by atoms with E-state index < -0.39 is 0 Å². The van der Waals surface area contributed by atoms with E-state index in [-0.39, 0.29) is 5.41 Å². The molecular weight excluding hydrogens is 192 g/mol. The summed E-state index contributed by atoms with van der Waals surface area (Å²) in [7, 11) is 0. The Hall–Kier alpha value is -0.490. The van der Waals surface area contributed by atoms with E-state index in [4.69, 9.17) is 11.6 Å². The van der Waals surface area contributed by atoms with Crippen molar-refractivity contribution in [1.82, 2.24) is 0 Å². The molecule has 0 atom stereocenters. The van der Waals surface area contributed by atoms with Crippen LogP contribution >= 0.6 is 11.6 Å². The van der Waals surface area contributed by atoms with Crippen LogP contribution in [0.15, 0.2) is 18.2 Å². The molecule has 1 aromatic carbocycles. The molecule has 0 N–H and O–H groups in total. The summed E-state index contributed by atoms with van der Waals surface area (Å²) in [6.07, 6.45) is 0. The first-order valence-corrected chi connectivity index (χ1v) is 5.49. The highest BCUT2D eigenvalue weighted by Gasteiger charge is 2.15. The fourth-order valence-corrected chi connectivity index (χ4v) is 1.62. The van der Waals surface area contributed by atoms with Crippen LogP contribution in [0, 0.1) is 0 Å². The van der Waals surface area contributed by atoms with Crippen LogP contribution in [-0.4, -0.2) is 0 Å². The zero-order chi connectivity index (χ0) is 10.9. The van der Waals surface area contributed by atoms with E-state index in [0.717, 1.165) is 5.02 Å². The molecule has 78 valence electrons. The lowest BCUT2D eigenvalue weighted by atomic mass is 9.85. The third-order valence-electron chi connectivity index (χ3n) is 2.45. The number of hydrogen-bond acceptors (Lipinski definition) is 0. The molecule has 0 unspecified atom stereocenters. The predicted octanol–water partition coefficient (Wildman–Crippen LogP) is 4.76. The van der Waals surface area contributed by atoms with Crippen LogP contribution in [0.2, 0.25) is 5.02 Å². The lowest BCUT2D eigenvalue weighted by Gasteiger charge is -2.21. The molecule has 14 heavy (non-hydrogen) atoms. The molecule has 1 heteroatoms. The first-order chi connectivity index (χ1) is 6.30. The zero-order valence-electron chi connectivity index (χ0n) is 9.69. The monoisotopic (exact) mass is 210 g/mol. The molecule has 0 aliphatic carbocycles. The van der Waals surface area contributed by atoms with Crippen LogP contribution in [0.25, 0.3) is 0 Å². The molecule has 0 saturated carbocycles. The highest BCUT2D eigenvalue weighted by atomic mass is 35.5. The number of hydrogen-bond donors (Lipinski definition) is 0. The molecule has 0 nitrogen and oxygen atoms in total. The van der Waals surface area contributed by atoms with E-state index in [1.165, 1.54) is 11.1 Å². The first-order valence-electron chi connectivity index (χ1n) is 5.11. The van der Waals surface area contributed by atoms with E-state index in [1.807, 2.05) is 0 Å². The van der Waals surface area contributed by atoms with Gasteiger partial charge in [-0.2, -0.15) is 0 Å². The second-order valence-electron chi connectivity index (χ2n) is 5.18. The van der Waals surface area contributed by atoms with E-state index in [1.54, 1.807) is 0 Å². The van der Waals surface area contributed by atoms with Gasteiger partial charge in [0.25, 0.3) is 0 Å². The van der Waals surface area contributed by atoms with Crippen LogP contribution in [0.5, 0.6) is 0 Å². The third-order valence-corrected chi connectivity index (χ3v) is 2.67. The highest BCUT2D eigenvalue weighted by molar-refractivity contribution is 6.30. The zero-order valence-corrected chi connectivity index (χ0v) is 10.4. The average molecular weight is 211 g/mol. The van der Waals surface area contributed by atoms with E-state index >= 15 is 0 Å². The fourth-order valence-electron chi connectivity index (χ4n) is 1.38. The smallest absolute Gasteiger partial charge is 0.0411 e. The summed E-state index contributed by atoms with van der Waals surface area (Å²) < 4.78 is 0. The summed E-state index contributed by atoms with van der Waals surface area (Å²) in [6, 6.07) is 6.38. The van der Waals surface area contributed by atoms with Gasteiger partial charge in [-0.25, -0.2) is 0 Å². The summed E-state index contributed by atoms with van der Waals surface area (Å²) >= 11 is 6.10. The predicted molar refractivity (Wildman–Crippen MR) is 64.2 cm³/mol. The Morgan fingerprint density at radius 2 is 1.64 bits per heavy atom. The second kappa shape index (κ2) is 3.94. The summed E-state index contributed by atoms with van der Waals surface area (Å²) in [5.41, 5.74) is 2.81. The molecule has 1 rings (SSSR count). The second-order valence-corrected chi connectivity index (χ2v) is 5.61. The van der Waals surface area contributed by atoms with Crippen molar-refractivity contribution in [3.63, 3.8) is 0 Å². The van der Waals surface area contributed by atoms with Gasteiger partial charge in [0.1, 0.15) is 0 Å². The Labute approximate surface area is 92.3 Å². The minimum atomic E-state index is 0.175. The van der Waals surface area contributed by atoms with Crippen molar-refractivity contribution in [2.45, 2.75) is 46.0 Å². The summed E-state index contributed by atoms with van der Waals surface area (Å²) in [5.74, 6) is 0.537. The Morgan fingerprint density at radius 3 is 2.07 bits per heavy atom. The van der Waals surface area contributed by atoms with Crippen molar-refractivity contribution < 1.29 is 0 Å². The quantitative estimate of drug-likeness (QED) is 0.627. The van der Waals surface area contributed by atoms with Gasteiger partial charge in [-0.1, -0.05) is 52.3 Å². The van der Waals surface area contributed by atoms with Gasteiger partial charge in [0.2, 0.25) is 0 Å². The van der Waals surface area contributed by atoms with E-state index in [2.05, 4.69) is 52.8 Å². The van der Waals surface area contributed by atoms with Crippen LogP contribution < -0.4 is 0 Å². The maximum atomic E-state index is 6.10. The van der Waals surface area contributed by atoms with Gasteiger partial charge in [0.05, 0.1) is 0 Å². The minimum absolute atomic E-state index is 0.175. The van der Waals surface area contributed by atoms with Gasteiger partial charge in [-0.05, 0) is 34.6 Å². The Morgan fingerprint density at radius 1 is 1.07 bits per heavy atom. The van der Waals surface area contributed by atoms with Gasteiger partial charge in [0.15, 0.2) is 0 Å². The van der Waals surface area contributed by atoms with Gasteiger partial charge in [0, 0.05) is 5.02 Å². The van der Waals surface area contributed by atoms with Crippen molar-refractivity contribution in [3.8, 4) is 0 Å². The molecule has 0 spiro atoms. The average Bonchev–Trinajstić information content (AvgIpc) is 2.01. The molecular formula is C13H19Cl. The van der Waals surface area contributed by atoms with E-state index in [0.29, 0.717) is 5.92 Å². The van der Waals surface area contributed by atoms with Crippen LogP contribution in [-0.2, 0) is 5.41 Å². The van der Waals surface area contributed by atoms with Gasteiger partial charge in [-0.3, -0.25) is 0 Å². The third kappa shape index (κ3) is 2.75. The minimum Gasteiger partial charge on any atom is -0.0843 e. The number of halogens is 1. The summed E-state index contributed by atoms with van der Waals surface area (Å²) in [5, 5.41) is 0.848. The first kappa shape index (κ1) is 11.6. The molecule has 0 aromatic heterocycles. The molecule has 0 heterocycles. The number of benzene rings is 1. The molecule has 1 aromatic rings. The molecule has 0 aliphatic rings. The van der Waals surface area contributed by atoms with Gasteiger partial charge >= 0.3 is 0 Å². The molecule has 0 fully saturated rings. The molecule has 0 saturated heterocycles. The summed E-state index contributed by atoms with van der Waals surface area (Å²) in [4.78, 5) is 0. The van der Waals surface area contributed by atoms with Crippen LogP contribution in [0.3, 0.4) is 0 Å². The van der Waals surface area contributed by atoms with Gasteiger partial charge < -0.3 is 0 Å². The topological polar surface area (TPSA) is 0 Å². The van der Waals surface area contributed by atoms with Crippen molar-refractivity contribution in [2.75, 3.05) is 0 Å². The SMILES string of the molecule is CC(C)c1cc(Cl)cc(C(C)(C)C)c1. The van der Waals surface area contributed by atoms with Crippen molar-refractivity contribution in [2.24, 2.45) is 0 Å². The fraction of sp³-hybridized carbons (Fsp3) is 0.538. The molecule has 0 bridgehead atoms. The van der Waals surface area contributed by atoms with E-state index in [9.17, 15) is 0 Å². The van der Waals surface area contributed by atoms with Gasteiger partial charge in [-0.15, -0.1) is 0 Å². The van der Waals surface area contributed by atoms with Crippen molar-refractivity contribution in [1.29, 1.82) is 0 Å². The molecule has 0 amide bonds. The van der Waals surface area contributed by atoms with Crippen molar-refractivity contribution in [3.05, 3.63) is 34.3 Å². The Kier molecular flexibility index (Phi) is 3.26. The van der Waals surface area contributed by atoms with Crippen LogP contribution in [0.4, 0.5) is 0 Å². The maximum Gasteiger partial charge on any atom is 0.0411 e. The molecule has 0 aliphatic heterocycles. The Balaban J connectivity index is 3.21. The number of rotatable bonds is 1. The Bertz CT molecular complexity index is 318. The molecule has 0 radical (unpaired) electrons. The maximum absolute atomic E-state index is 6.10. The van der Waals surface area contributed by atoms with Crippen molar-refractivity contribution >= 4 is 11.6 Å². The van der Waals surface area contributed by atoms with Crippen LogP contribution in [0.1, 0.15) is 51.7 Å².